The van der Waals surface area contributed by atoms with Crippen LogP contribution in [0.5, 0.6) is 5.75 Å². The third-order valence-corrected chi connectivity index (χ3v) is 2.33. The predicted molar refractivity (Wildman–Crippen MR) is 55.1 cm³/mol. The van der Waals surface area contributed by atoms with Gasteiger partial charge in [-0.15, -0.1) is 0 Å². The minimum absolute atomic E-state index is 0.141. The highest BCUT2D eigenvalue weighted by atomic mass is 19.3. The van der Waals surface area contributed by atoms with Crippen molar-refractivity contribution in [3.05, 3.63) is 28.8 Å². The minimum Gasteiger partial charge on any atom is -0.479 e. The van der Waals surface area contributed by atoms with Crippen LogP contribution in [-0.4, -0.2) is 22.8 Å². The summed E-state index contributed by atoms with van der Waals surface area (Å²) >= 11 is 0. The van der Waals surface area contributed by atoms with Crippen molar-refractivity contribution in [1.29, 1.82) is 0 Å². The van der Waals surface area contributed by atoms with E-state index in [1.807, 2.05) is 0 Å². The van der Waals surface area contributed by atoms with Gasteiger partial charge in [0, 0.05) is 5.56 Å². The maximum atomic E-state index is 12.2. The summed E-state index contributed by atoms with van der Waals surface area (Å²) in [7, 11) is 0. The summed E-state index contributed by atoms with van der Waals surface area (Å²) in [5, 5.41) is 18.2. The third-order valence-electron chi connectivity index (χ3n) is 2.33. The van der Waals surface area contributed by atoms with Crippen molar-refractivity contribution in [2.45, 2.75) is 26.6 Å². The number of carboxylic acids is 1. The fourth-order valence-electron chi connectivity index (χ4n) is 1.52. The molecule has 0 fully saturated rings. The first-order chi connectivity index (χ1) is 7.84. The summed E-state index contributed by atoms with van der Waals surface area (Å²) in [6.45, 7) is -0.0654. The number of carboxylic acid groups (broad SMARTS) is 1. The van der Waals surface area contributed by atoms with E-state index >= 15 is 0 Å². The summed E-state index contributed by atoms with van der Waals surface area (Å²) in [6.07, 6.45) is -1.89. The van der Waals surface area contributed by atoms with Crippen LogP contribution in [0.4, 0.5) is 8.78 Å². The fourth-order valence-corrected chi connectivity index (χ4v) is 1.52. The highest BCUT2D eigenvalue weighted by Gasteiger charge is 2.25. The maximum Gasteiger partial charge on any atom is 0.387 e. The van der Waals surface area contributed by atoms with E-state index in [0.717, 1.165) is 0 Å². The van der Waals surface area contributed by atoms with Gasteiger partial charge in [0.15, 0.2) is 6.10 Å². The zero-order valence-electron chi connectivity index (χ0n) is 9.28. The molecule has 1 rings (SSSR count). The quantitative estimate of drug-likeness (QED) is 0.852. The standard InChI is InChI=1S/C11H12F2O4/c1-5-3-4-6(2)9(17-11(12)13)7(5)8(14)10(15)16/h3-4,8,11,14H,1-2H3,(H,15,16). The Morgan fingerprint density at radius 1 is 1.29 bits per heavy atom. The number of aliphatic hydroxyl groups excluding tert-OH is 1. The molecule has 0 radical (unpaired) electrons. The van der Waals surface area contributed by atoms with E-state index < -0.39 is 18.7 Å². The first-order valence-corrected chi connectivity index (χ1v) is 4.80. The molecule has 1 atom stereocenters. The monoisotopic (exact) mass is 246 g/mol. The van der Waals surface area contributed by atoms with Gasteiger partial charge in [-0.3, -0.25) is 0 Å². The van der Waals surface area contributed by atoms with Gasteiger partial charge in [0.05, 0.1) is 0 Å². The van der Waals surface area contributed by atoms with Crippen molar-refractivity contribution in [1.82, 2.24) is 0 Å². The van der Waals surface area contributed by atoms with Gasteiger partial charge in [-0.2, -0.15) is 8.78 Å². The normalized spacial score (nSPS) is 12.6. The smallest absolute Gasteiger partial charge is 0.387 e. The summed E-state index contributed by atoms with van der Waals surface area (Å²) in [5.74, 6) is -1.80. The van der Waals surface area contributed by atoms with E-state index in [1.54, 1.807) is 0 Å². The Balaban J connectivity index is 3.34. The zero-order valence-corrected chi connectivity index (χ0v) is 9.28. The molecule has 0 bridgehead atoms. The molecule has 4 nitrogen and oxygen atoms in total. The van der Waals surface area contributed by atoms with Crippen molar-refractivity contribution in [3.8, 4) is 5.75 Å². The van der Waals surface area contributed by atoms with E-state index in [2.05, 4.69) is 4.74 Å². The number of aliphatic carboxylic acids is 1. The van der Waals surface area contributed by atoms with E-state index in [0.29, 0.717) is 11.1 Å². The number of hydrogen-bond acceptors (Lipinski definition) is 3. The van der Waals surface area contributed by atoms with Crippen molar-refractivity contribution in [2.75, 3.05) is 0 Å². The topological polar surface area (TPSA) is 66.8 Å². The predicted octanol–water partition coefficient (Wildman–Crippen LogP) is 2.02. The largest absolute Gasteiger partial charge is 0.479 e. The van der Waals surface area contributed by atoms with Crippen LogP contribution in [0.25, 0.3) is 0 Å². The van der Waals surface area contributed by atoms with E-state index in [-0.39, 0.29) is 11.3 Å². The van der Waals surface area contributed by atoms with Crippen LogP contribution in [-0.2, 0) is 4.79 Å². The van der Waals surface area contributed by atoms with Gasteiger partial charge in [-0.1, -0.05) is 12.1 Å². The number of rotatable bonds is 4. The van der Waals surface area contributed by atoms with E-state index in [9.17, 15) is 18.7 Å². The summed E-state index contributed by atoms with van der Waals surface area (Å²) in [5.41, 5.74) is 0.574. The van der Waals surface area contributed by atoms with Crippen LogP contribution in [0.1, 0.15) is 22.8 Å². The Kier molecular flexibility index (Phi) is 4.01. The van der Waals surface area contributed by atoms with Gasteiger partial charge < -0.3 is 14.9 Å². The van der Waals surface area contributed by atoms with Crippen LogP contribution >= 0.6 is 0 Å². The highest BCUT2D eigenvalue weighted by Crippen LogP contribution is 2.33. The van der Waals surface area contributed by atoms with Gasteiger partial charge in [0.2, 0.25) is 0 Å². The number of benzene rings is 1. The maximum absolute atomic E-state index is 12.2. The first-order valence-electron chi connectivity index (χ1n) is 4.80. The molecule has 0 spiro atoms. The summed E-state index contributed by atoms with van der Waals surface area (Å²) in [4.78, 5) is 10.7. The van der Waals surface area contributed by atoms with Crippen molar-refractivity contribution in [3.63, 3.8) is 0 Å². The lowest BCUT2D eigenvalue weighted by Gasteiger charge is -2.17. The Morgan fingerprint density at radius 2 is 1.82 bits per heavy atom. The van der Waals surface area contributed by atoms with Crippen LogP contribution in [0.15, 0.2) is 12.1 Å². The molecular weight excluding hydrogens is 234 g/mol. The number of aryl methyl sites for hydroxylation is 2. The Hall–Kier alpha value is -1.69. The number of ether oxygens (including phenoxy) is 1. The van der Waals surface area contributed by atoms with Gasteiger partial charge in [0.1, 0.15) is 5.75 Å². The number of alkyl halides is 2. The lowest BCUT2D eigenvalue weighted by atomic mass is 9.99. The SMILES string of the molecule is Cc1ccc(C)c(C(O)C(=O)O)c1OC(F)F. The second-order valence-electron chi connectivity index (χ2n) is 3.56. The van der Waals surface area contributed by atoms with Gasteiger partial charge in [0.25, 0.3) is 0 Å². The van der Waals surface area contributed by atoms with Gasteiger partial charge in [-0.05, 0) is 25.0 Å². The number of halogens is 2. The first kappa shape index (κ1) is 13.4. The average Bonchev–Trinajstić information content (AvgIpc) is 2.22. The van der Waals surface area contributed by atoms with Crippen molar-refractivity contribution < 1.29 is 28.5 Å². The molecule has 1 unspecified atom stereocenters. The number of carbonyl (C=O) groups is 1. The average molecular weight is 246 g/mol. The Morgan fingerprint density at radius 3 is 2.29 bits per heavy atom. The molecule has 0 aliphatic carbocycles. The van der Waals surface area contributed by atoms with Gasteiger partial charge in [-0.25, -0.2) is 4.79 Å². The zero-order chi connectivity index (χ0) is 13.2. The van der Waals surface area contributed by atoms with Crippen molar-refractivity contribution in [2.24, 2.45) is 0 Å². The van der Waals surface area contributed by atoms with Crippen LogP contribution in [0.3, 0.4) is 0 Å². The van der Waals surface area contributed by atoms with Crippen LogP contribution < -0.4 is 4.74 Å². The van der Waals surface area contributed by atoms with Crippen molar-refractivity contribution >= 4 is 5.97 Å². The van der Waals surface area contributed by atoms with E-state index in [4.69, 9.17) is 5.11 Å². The number of hydrogen-bond donors (Lipinski definition) is 2. The summed E-state index contributed by atoms with van der Waals surface area (Å²) in [6, 6.07) is 3.06. The molecule has 1 aromatic carbocycles. The molecule has 6 heteroatoms. The van der Waals surface area contributed by atoms with Crippen LogP contribution in [0.2, 0.25) is 0 Å². The molecule has 0 aliphatic heterocycles. The lowest BCUT2D eigenvalue weighted by Crippen LogP contribution is -2.16. The third kappa shape index (κ3) is 2.91. The minimum atomic E-state index is -3.07. The summed E-state index contributed by atoms with van der Waals surface area (Å²) < 4.78 is 28.7. The molecular formula is C11H12F2O4. The van der Waals surface area contributed by atoms with Crippen LogP contribution in [0, 0.1) is 13.8 Å². The second kappa shape index (κ2) is 5.09. The molecule has 94 valence electrons. The number of aliphatic hydroxyl groups is 1. The molecule has 2 N–H and O–H groups in total. The molecule has 0 aliphatic rings. The van der Waals surface area contributed by atoms with E-state index in [1.165, 1.54) is 26.0 Å². The molecule has 0 saturated carbocycles. The Bertz CT molecular complexity index is 432. The molecule has 0 heterocycles. The molecule has 1 aromatic rings. The molecule has 17 heavy (non-hydrogen) atoms. The molecule has 0 amide bonds. The second-order valence-corrected chi connectivity index (χ2v) is 3.56. The fraction of sp³-hybridized carbons (Fsp3) is 0.364. The highest BCUT2D eigenvalue weighted by molar-refractivity contribution is 5.76. The molecule has 0 aromatic heterocycles. The Labute approximate surface area is 96.5 Å². The molecule has 0 saturated heterocycles. The lowest BCUT2D eigenvalue weighted by molar-refractivity contribution is -0.147. The van der Waals surface area contributed by atoms with Gasteiger partial charge >= 0.3 is 12.6 Å².